The second-order valence-corrected chi connectivity index (χ2v) is 5.09. The predicted molar refractivity (Wildman–Crippen MR) is 70.8 cm³/mol. The minimum atomic E-state index is -0.841. The van der Waals surface area contributed by atoms with E-state index in [-0.39, 0.29) is 11.8 Å². The molecule has 0 saturated carbocycles. The Kier molecular flexibility index (Phi) is 3.94. The van der Waals surface area contributed by atoms with E-state index in [0.29, 0.717) is 5.69 Å². The van der Waals surface area contributed by atoms with Crippen LogP contribution < -0.4 is 5.73 Å². The summed E-state index contributed by atoms with van der Waals surface area (Å²) in [5.41, 5.74) is 8.63. The van der Waals surface area contributed by atoms with Crippen LogP contribution in [-0.4, -0.2) is 11.1 Å². The van der Waals surface area contributed by atoms with Gasteiger partial charge in [0.25, 0.3) is 0 Å². The maximum Gasteiger partial charge on any atom is 0.307 e. The van der Waals surface area contributed by atoms with Crippen molar-refractivity contribution in [3.8, 4) is 0 Å². The standard InChI is InChI=1S/C14H19NO2/c1-14(2,3)11-7-8-12(15)10(9-11)5-4-6-13(16)17/h4-5,7-9H,6,15H2,1-3H3,(H,16,17). The molecular formula is C14H19NO2. The molecule has 0 atom stereocenters. The lowest BCUT2D eigenvalue weighted by Gasteiger charge is -2.20. The molecule has 0 aliphatic carbocycles. The number of nitrogens with two attached hydrogens (primary N) is 1. The van der Waals surface area contributed by atoms with Crippen molar-refractivity contribution in [1.29, 1.82) is 0 Å². The van der Waals surface area contributed by atoms with Crippen LogP contribution in [0.15, 0.2) is 24.3 Å². The van der Waals surface area contributed by atoms with Crippen LogP contribution in [0.3, 0.4) is 0 Å². The fourth-order valence-corrected chi connectivity index (χ4v) is 1.47. The van der Waals surface area contributed by atoms with Crippen LogP contribution in [0.1, 0.15) is 38.3 Å². The molecular weight excluding hydrogens is 214 g/mol. The highest BCUT2D eigenvalue weighted by atomic mass is 16.4. The Bertz CT molecular complexity index is 442. The largest absolute Gasteiger partial charge is 0.481 e. The van der Waals surface area contributed by atoms with Crippen LogP contribution in [0.5, 0.6) is 0 Å². The number of carboxylic acid groups (broad SMARTS) is 1. The molecule has 3 nitrogen and oxygen atoms in total. The van der Waals surface area contributed by atoms with Crippen LogP contribution in [0.25, 0.3) is 6.08 Å². The molecule has 0 amide bonds. The SMILES string of the molecule is CC(C)(C)c1ccc(N)c(C=CCC(=O)O)c1. The number of rotatable bonds is 3. The van der Waals surface area contributed by atoms with Gasteiger partial charge in [0.2, 0.25) is 0 Å². The molecule has 0 unspecified atom stereocenters. The Hall–Kier alpha value is -1.77. The van der Waals surface area contributed by atoms with Crippen LogP contribution in [0.2, 0.25) is 0 Å². The average Bonchev–Trinajstić information content (AvgIpc) is 2.18. The average molecular weight is 233 g/mol. The van der Waals surface area contributed by atoms with Crippen LogP contribution in [0.4, 0.5) is 5.69 Å². The van der Waals surface area contributed by atoms with E-state index in [9.17, 15) is 4.79 Å². The summed E-state index contributed by atoms with van der Waals surface area (Å²) in [6.45, 7) is 6.38. The number of carboxylic acids is 1. The summed E-state index contributed by atoms with van der Waals surface area (Å²) in [4.78, 5) is 10.4. The van der Waals surface area contributed by atoms with Gasteiger partial charge in [0.15, 0.2) is 0 Å². The maximum absolute atomic E-state index is 10.4. The molecule has 0 aliphatic rings. The van der Waals surface area contributed by atoms with Gasteiger partial charge >= 0.3 is 5.97 Å². The smallest absolute Gasteiger partial charge is 0.307 e. The lowest BCUT2D eigenvalue weighted by Crippen LogP contribution is -2.11. The van der Waals surface area contributed by atoms with Crippen LogP contribution in [0, 0.1) is 0 Å². The monoisotopic (exact) mass is 233 g/mol. The van der Waals surface area contributed by atoms with Gasteiger partial charge in [0, 0.05) is 5.69 Å². The van der Waals surface area contributed by atoms with Crippen molar-refractivity contribution in [2.45, 2.75) is 32.6 Å². The normalized spacial score (nSPS) is 11.9. The summed E-state index contributed by atoms with van der Waals surface area (Å²) in [5, 5.41) is 8.56. The summed E-state index contributed by atoms with van der Waals surface area (Å²) in [5.74, 6) is -0.841. The zero-order valence-electron chi connectivity index (χ0n) is 10.5. The van der Waals surface area contributed by atoms with Gasteiger partial charge < -0.3 is 10.8 Å². The van der Waals surface area contributed by atoms with Crippen LogP contribution >= 0.6 is 0 Å². The summed E-state index contributed by atoms with van der Waals surface area (Å²) >= 11 is 0. The number of aliphatic carboxylic acids is 1. The van der Waals surface area contributed by atoms with Crippen molar-refractivity contribution in [2.24, 2.45) is 0 Å². The fourth-order valence-electron chi connectivity index (χ4n) is 1.47. The summed E-state index contributed by atoms with van der Waals surface area (Å²) in [6, 6.07) is 5.87. The highest BCUT2D eigenvalue weighted by Gasteiger charge is 2.14. The van der Waals surface area contributed by atoms with Crippen molar-refractivity contribution in [1.82, 2.24) is 0 Å². The third-order valence-electron chi connectivity index (χ3n) is 2.54. The Labute approximate surface area is 102 Å². The predicted octanol–water partition coefficient (Wildman–Crippen LogP) is 3.05. The molecule has 0 heterocycles. The van der Waals surface area contributed by atoms with Crippen molar-refractivity contribution in [2.75, 3.05) is 5.73 Å². The third kappa shape index (κ3) is 3.94. The number of anilines is 1. The van der Waals surface area contributed by atoms with Gasteiger partial charge in [0.1, 0.15) is 0 Å². The van der Waals surface area contributed by atoms with Gasteiger partial charge in [-0.1, -0.05) is 39.0 Å². The number of nitrogen functional groups attached to an aromatic ring is 1. The first kappa shape index (κ1) is 13.3. The minimum Gasteiger partial charge on any atom is -0.481 e. The summed E-state index contributed by atoms with van der Waals surface area (Å²) in [7, 11) is 0. The van der Waals surface area contributed by atoms with E-state index in [0.717, 1.165) is 5.56 Å². The molecule has 3 N–H and O–H groups in total. The molecule has 1 rings (SSSR count). The Morgan fingerprint density at radius 1 is 1.41 bits per heavy atom. The molecule has 0 bridgehead atoms. The second-order valence-electron chi connectivity index (χ2n) is 5.09. The van der Waals surface area contributed by atoms with Crippen molar-refractivity contribution < 1.29 is 9.90 Å². The Balaban J connectivity index is 2.99. The first-order valence-corrected chi connectivity index (χ1v) is 5.59. The van der Waals surface area contributed by atoms with Gasteiger partial charge in [-0.2, -0.15) is 0 Å². The first-order valence-electron chi connectivity index (χ1n) is 5.59. The molecule has 0 spiro atoms. The highest BCUT2D eigenvalue weighted by Crippen LogP contribution is 2.26. The van der Waals surface area contributed by atoms with Crippen molar-refractivity contribution in [3.63, 3.8) is 0 Å². The van der Waals surface area contributed by atoms with Gasteiger partial charge in [-0.25, -0.2) is 0 Å². The van der Waals surface area contributed by atoms with E-state index in [1.807, 2.05) is 18.2 Å². The van der Waals surface area contributed by atoms with E-state index in [1.165, 1.54) is 5.56 Å². The van der Waals surface area contributed by atoms with Crippen molar-refractivity contribution >= 4 is 17.7 Å². The second kappa shape index (κ2) is 5.04. The number of carbonyl (C=O) groups is 1. The topological polar surface area (TPSA) is 63.3 Å². The molecule has 0 fully saturated rings. The zero-order valence-corrected chi connectivity index (χ0v) is 10.5. The van der Waals surface area contributed by atoms with E-state index >= 15 is 0 Å². The minimum absolute atomic E-state index is 0.0131. The first-order chi connectivity index (χ1) is 7.80. The van der Waals surface area contributed by atoms with Crippen LogP contribution in [-0.2, 0) is 10.2 Å². The Morgan fingerprint density at radius 3 is 2.59 bits per heavy atom. The number of hydrogen-bond donors (Lipinski definition) is 2. The molecule has 17 heavy (non-hydrogen) atoms. The number of hydrogen-bond acceptors (Lipinski definition) is 2. The molecule has 1 aromatic rings. The van der Waals surface area contributed by atoms with E-state index in [4.69, 9.17) is 10.8 Å². The fraction of sp³-hybridized carbons (Fsp3) is 0.357. The lowest BCUT2D eigenvalue weighted by atomic mass is 9.86. The number of benzene rings is 1. The van der Waals surface area contributed by atoms with Gasteiger partial charge in [-0.05, 0) is 28.7 Å². The maximum atomic E-state index is 10.4. The van der Waals surface area contributed by atoms with E-state index in [2.05, 4.69) is 20.8 Å². The summed E-state index contributed by atoms with van der Waals surface area (Å²) < 4.78 is 0. The highest BCUT2D eigenvalue weighted by molar-refractivity contribution is 5.72. The van der Waals surface area contributed by atoms with E-state index < -0.39 is 5.97 Å². The molecule has 3 heteroatoms. The zero-order chi connectivity index (χ0) is 13.1. The van der Waals surface area contributed by atoms with Gasteiger partial charge in [-0.15, -0.1) is 0 Å². The van der Waals surface area contributed by atoms with E-state index in [1.54, 1.807) is 12.2 Å². The summed E-state index contributed by atoms with van der Waals surface area (Å²) in [6.07, 6.45) is 3.39. The molecule has 1 aromatic carbocycles. The van der Waals surface area contributed by atoms with Crippen molar-refractivity contribution in [3.05, 3.63) is 35.4 Å². The Morgan fingerprint density at radius 2 is 2.06 bits per heavy atom. The lowest BCUT2D eigenvalue weighted by molar-refractivity contribution is -0.135. The third-order valence-corrected chi connectivity index (χ3v) is 2.54. The quantitative estimate of drug-likeness (QED) is 0.789. The molecule has 92 valence electrons. The molecule has 0 aliphatic heterocycles. The molecule has 0 radical (unpaired) electrons. The molecule has 0 aromatic heterocycles. The van der Waals surface area contributed by atoms with Gasteiger partial charge in [-0.3, -0.25) is 4.79 Å². The molecule has 0 saturated heterocycles. The van der Waals surface area contributed by atoms with Gasteiger partial charge in [0.05, 0.1) is 6.42 Å².